The van der Waals surface area contributed by atoms with Gasteiger partial charge in [0.25, 0.3) is 5.91 Å². The van der Waals surface area contributed by atoms with E-state index in [9.17, 15) is 9.18 Å². The summed E-state index contributed by atoms with van der Waals surface area (Å²) in [5, 5.41) is 6.27. The van der Waals surface area contributed by atoms with E-state index >= 15 is 0 Å². The predicted molar refractivity (Wildman–Crippen MR) is 102 cm³/mol. The number of carbonyl (C=O) groups excluding carboxylic acids is 1. The summed E-state index contributed by atoms with van der Waals surface area (Å²) in [4.78, 5) is 20.9. The van der Waals surface area contributed by atoms with Gasteiger partial charge in [-0.15, -0.1) is 0 Å². The zero-order valence-electron chi connectivity index (χ0n) is 14.6. The number of carbonyl (C=O) groups is 1. The standard InChI is InChI=1S/C19H16ClFN4O2/c1-11-22-16(19(26)24-14-6-4-13(21)5-7-14)10-18(23-11)25-15-9-12(20)3-8-17(15)27-2/h3-10H,1-2H3,(H,24,26)(H,22,23,25). The second kappa shape index (κ2) is 8.01. The van der Waals surface area contributed by atoms with Crippen molar-refractivity contribution in [3.05, 3.63) is 70.9 Å². The number of aryl methyl sites for hydroxylation is 1. The van der Waals surface area contributed by atoms with Gasteiger partial charge < -0.3 is 15.4 Å². The van der Waals surface area contributed by atoms with Crippen LogP contribution in [0, 0.1) is 12.7 Å². The Morgan fingerprint density at radius 1 is 1.11 bits per heavy atom. The average molecular weight is 387 g/mol. The van der Waals surface area contributed by atoms with Crippen molar-refractivity contribution in [2.45, 2.75) is 6.92 Å². The number of anilines is 3. The van der Waals surface area contributed by atoms with E-state index in [1.165, 1.54) is 30.3 Å². The first kappa shape index (κ1) is 18.6. The van der Waals surface area contributed by atoms with Gasteiger partial charge in [-0.05, 0) is 49.4 Å². The molecule has 2 N–H and O–H groups in total. The molecule has 2 aromatic carbocycles. The fraction of sp³-hybridized carbons (Fsp3) is 0.105. The SMILES string of the molecule is COc1ccc(Cl)cc1Nc1cc(C(=O)Nc2ccc(F)cc2)nc(C)n1. The number of benzene rings is 2. The Balaban J connectivity index is 1.85. The molecule has 3 aromatic rings. The van der Waals surface area contributed by atoms with Crippen LogP contribution in [0.2, 0.25) is 5.02 Å². The topological polar surface area (TPSA) is 76.1 Å². The van der Waals surface area contributed by atoms with Crippen LogP contribution in [-0.2, 0) is 0 Å². The van der Waals surface area contributed by atoms with Gasteiger partial charge in [-0.2, -0.15) is 0 Å². The van der Waals surface area contributed by atoms with Crippen LogP contribution < -0.4 is 15.4 Å². The molecule has 0 saturated carbocycles. The van der Waals surface area contributed by atoms with Crippen LogP contribution in [0.1, 0.15) is 16.3 Å². The highest BCUT2D eigenvalue weighted by molar-refractivity contribution is 6.31. The number of ether oxygens (including phenoxy) is 1. The van der Waals surface area contributed by atoms with E-state index in [0.717, 1.165) is 0 Å². The minimum Gasteiger partial charge on any atom is -0.495 e. The monoisotopic (exact) mass is 386 g/mol. The molecule has 1 heterocycles. The third-order valence-electron chi connectivity index (χ3n) is 3.60. The first-order valence-electron chi connectivity index (χ1n) is 7.98. The zero-order chi connectivity index (χ0) is 19.4. The minimum absolute atomic E-state index is 0.162. The van der Waals surface area contributed by atoms with Crippen LogP contribution in [0.15, 0.2) is 48.5 Å². The molecule has 0 aliphatic rings. The second-order valence-electron chi connectivity index (χ2n) is 5.62. The summed E-state index contributed by atoms with van der Waals surface area (Å²) in [5.41, 5.74) is 1.23. The van der Waals surface area contributed by atoms with E-state index < -0.39 is 5.91 Å². The Bertz CT molecular complexity index is 980. The molecule has 0 aliphatic heterocycles. The highest BCUT2D eigenvalue weighted by Crippen LogP contribution is 2.30. The Labute approximate surface area is 160 Å². The summed E-state index contributed by atoms with van der Waals surface area (Å²) in [7, 11) is 1.54. The molecule has 3 rings (SSSR count). The minimum atomic E-state index is -0.437. The molecule has 8 heteroatoms. The fourth-order valence-corrected chi connectivity index (χ4v) is 2.56. The van der Waals surface area contributed by atoms with Crippen molar-refractivity contribution < 1.29 is 13.9 Å². The Morgan fingerprint density at radius 3 is 2.56 bits per heavy atom. The highest BCUT2D eigenvalue weighted by atomic mass is 35.5. The predicted octanol–water partition coefficient (Wildman–Crippen LogP) is 4.58. The van der Waals surface area contributed by atoms with Crippen LogP contribution >= 0.6 is 11.6 Å². The van der Waals surface area contributed by atoms with Gasteiger partial charge in [0.05, 0.1) is 12.8 Å². The summed E-state index contributed by atoms with van der Waals surface area (Å²) in [5.74, 6) is 0.576. The molecule has 27 heavy (non-hydrogen) atoms. The lowest BCUT2D eigenvalue weighted by molar-refractivity contribution is 0.102. The summed E-state index contributed by atoms with van der Waals surface area (Å²) < 4.78 is 18.3. The molecule has 1 aromatic heterocycles. The molecule has 0 unspecified atom stereocenters. The van der Waals surface area contributed by atoms with Crippen molar-refractivity contribution in [1.82, 2.24) is 9.97 Å². The highest BCUT2D eigenvalue weighted by Gasteiger charge is 2.13. The number of amides is 1. The van der Waals surface area contributed by atoms with Crippen molar-refractivity contribution in [2.75, 3.05) is 17.7 Å². The maximum Gasteiger partial charge on any atom is 0.274 e. The van der Waals surface area contributed by atoms with E-state index in [4.69, 9.17) is 16.3 Å². The van der Waals surface area contributed by atoms with Crippen molar-refractivity contribution in [1.29, 1.82) is 0 Å². The number of halogens is 2. The first-order chi connectivity index (χ1) is 12.9. The van der Waals surface area contributed by atoms with E-state index in [0.29, 0.717) is 33.8 Å². The van der Waals surface area contributed by atoms with E-state index in [-0.39, 0.29) is 11.5 Å². The molecular formula is C19H16ClFN4O2. The molecule has 0 bridgehead atoms. The lowest BCUT2D eigenvalue weighted by Gasteiger charge is -2.12. The smallest absolute Gasteiger partial charge is 0.274 e. The summed E-state index contributed by atoms with van der Waals surface area (Å²) in [6, 6.07) is 12.1. The molecule has 0 saturated heterocycles. The number of rotatable bonds is 5. The van der Waals surface area contributed by atoms with Gasteiger partial charge in [-0.1, -0.05) is 11.6 Å². The van der Waals surface area contributed by atoms with Crippen molar-refractivity contribution in [3.8, 4) is 5.75 Å². The molecular weight excluding hydrogens is 371 g/mol. The van der Waals surface area contributed by atoms with Crippen LogP contribution in [0.3, 0.4) is 0 Å². The van der Waals surface area contributed by atoms with Gasteiger partial charge in [0.15, 0.2) is 0 Å². The average Bonchev–Trinajstić information content (AvgIpc) is 2.63. The van der Waals surface area contributed by atoms with E-state index in [1.54, 1.807) is 32.2 Å². The normalized spacial score (nSPS) is 10.4. The first-order valence-corrected chi connectivity index (χ1v) is 8.35. The zero-order valence-corrected chi connectivity index (χ0v) is 15.3. The van der Waals surface area contributed by atoms with E-state index in [1.807, 2.05) is 0 Å². The van der Waals surface area contributed by atoms with Crippen molar-refractivity contribution in [2.24, 2.45) is 0 Å². The van der Waals surface area contributed by atoms with Crippen LogP contribution in [0.4, 0.5) is 21.6 Å². The summed E-state index contributed by atoms with van der Waals surface area (Å²) in [6.45, 7) is 1.68. The number of aromatic nitrogens is 2. The lowest BCUT2D eigenvalue weighted by atomic mass is 10.2. The van der Waals surface area contributed by atoms with Gasteiger partial charge in [0.2, 0.25) is 0 Å². The maximum absolute atomic E-state index is 13.0. The van der Waals surface area contributed by atoms with Crippen molar-refractivity contribution >= 4 is 34.7 Å². The largest absolute Gasteiger partial charge is 0.495 e. The second-order valence-corrected chi connectivity index (χ2v) is 6.05. The fourth-order valence-electron chi connectivity index (χ4n) is 2.39. The molecule has 0 aliphatic carbocycles. The van der Waals surface area contributed by atoms with Gasteiger partial charge in [-0.3, -0.25) is 4.79 Å². The molecule has 0 radical (unpaired) electrons. The number of nitrogens with one attached hydrogen (secondary N) is 2. The molecule has 0 atom stereocenters. The van der Waals surface area contributed by atoms with E-state index in [2.05, 4.69) is 20.6 Å². The molecule has 1 amide bonds. The van der Waals surface area contributed by atoms with Gasteiger partial charge >= 0.3 is 0 Å². The maximum atomic E-state index is 13.0. The molecule has 6 nitrogen and oxygen atoms in total. The van der Waals surface area contributed by atoms with Gasteiger partial charge in [0, 0.05) is 16.8 Å². The molecule has 0 spiro atoms. The number of methoxy groups -OCH3 is 1. The third-order valence-corrected chi connectivity index (χ3v) is 3.83. The molecule has 0 fully saturated rings. The third kappa shape index (κ3) is 4.71. The summed E-state index contributed by atoms with van der Waals surface area (Å²) in [6.07, 6.45) is 0. The van der Waals surface area contributed by atoms with Gasteiger partial charge in [-0.25, -0.2) is 14.4 Å². The quantitative estimate of drug-likeness (QED) is 0.671. The van der Waals surface area contributed by atoms with Crippen LogP contribution in [0.5, 0.6) is 5.75 Å². The van der Waals surface area contributed by atoms with Gasteiger partial charge in [0.1, 0.15) is 28.9 Å². The Morgan fingerprint density at radius 2 is 1.85 bits per heavy atom. The number of hydrogen-bond donors (Lipinski definition) is 2. The number of hydrogen-bond acceptors (Lipinski definition) is 5. The number of nitrogens with zero attached hydrogens (tertiary/aromatic N) is 2. The van der Waals surface area contributed by atoms with Crippen molar-refractivity contribution in [3.63, 3.8) is 0 Å². The lowest BCUT2D eigenvalue weighted by Crippen LogP contribution is -2.15. The van der Waals surface area contributed by atoms with Crippen LogP contribution in [-0.4, -0.2) is 23.0 Å². The Kier molecular flexibility index (Phi) is 5.52. The summed E-state index contributed by atoms with van der Waals surface area (Å²) >= 11 is 6.04. The van der Waals surface area contributed by atoms with Crippen LogP contribution in [0.25, 0.3) is 0 Å². The Hall–Kier alpha value is -3.19. The molecule has 138 valence electrons.